The van der Waals surface area contributed by atoms with E-state index in [1.165, 1.54) is 0 Å². The van der Waals surface area contributed by atoms with E-state index in [0.717, 1.165) is 55.8 Å². The number of piperidine rings is 1. The zero-order valence-electron chi connectivity index (χ0n) is 13.3. The molecule has 0 atom stereocenters. The molecule has 120 valence electrons. The SMILES string of the molecule is Cc1cnn(-c2ccncc2N2CCC3(CCNC3=O)CC2)c1. The fraction of sp³-hybridized carbons (Fsp3) is 0.471. The van der Waals surface area contributed by atoms with Crippen LogP contribution in [0.1, 0.15) is 24.8 Å². The van der Waals surface area contributed by atoms with Gasteiger partial charge in [-0.25, -0.2) is 4.68 Å². The molecule has 1 amide bonds. The Kier molecular flexibility index (Phi) is 3.32. The molecule has 0 bridgehead atoms. The molecule has 2 aromatic rings. The lowest BCUT2D eigenvalue weighted by molar-refractivity contribution is -0.128. The number of aryl methyl sites for hydroxylation is 1. The predicted molar refractivity (Wildman–Crippen MR) is 87.6 cm³/mol. The van der Waals surface area contributed by atoms with E-state index >= 15 is 0 Å². The summed E-state index contributed by atoms with van der Waals surface area (Å²) in [5, 5.41) is 7.41. The highest BCUT2D eigenvalue weighted by Crippen LogP contribution is 2.39. The van der Waals surface area contributed by atoms with E-state index in [9.17, 15) is 4.79 Å². The molecule has 23 heavy (non-hydrogen) atoms. The minimum absolute atomic E-state index is 0.138. The van der Waals surface area contributed by atoms with Crippen molar-refractivity contribution in [3.8, 4) is 5.69 Å². The lowest BCUT2D eigenvalue weighted by Gasteiger charge is -2.38. The minimum atomic E-state index is -0.138. The van der Waals surface area contributed by atoms with Gasteiger partial charge in [0.05, 0.1) is 29.2 Å². The molecular formula is C17H21N5O. The number of anilines is 1. The Morgan fingerprint density at radius 2 is 2.00 bits per heavy atom. The molecule has 0 saturated carbocycles. The second-order valence-corrected chi connectivity index (χ2v) is 6.60. The van der Waals surface area contributed by atoms with Crippen molar-refractivity contribution in [1.29, 1.82) is 0 Å². The predicted octanol–water partition coefficient (Wildman–Crippen LogP) is 1.68. The van der Waals surface area contributed by atoms with E-state index in [4.69, 9.17) is 0 Å². The van der Waals surface area contributed by atoms with Crippen LogP contribution in [0.2, 0.25) is 0 Å². The first kappa shape index (κ1) is 14.2. The number of pyridine rings is 1. The number of amides is 1. The number of nitrogens with one attached hydrogen (secondary N) is 1. The molecule has 2 fully saturated rings. The van der Waals surface area contributed by atoms with Crippen molar-refractivity contribution < 1.29 is 4.79 Å². The van der Waals surface area contributed by atoms with Gasteiger partial charge in [-0.2, -0.15) is 5.10 Å². The Morgan fingerprint density at radius 1 is 1.17 bits per heavy atom. The van der Waals surface area contributed by atoms with Crippen LogP contribution in [0, 0.1) is 12.3 Å². The summed E-state index contributed by atoms with van der Waals surface area (Å²) in [5.74, 6) is 0.242. The van der Waals surface area contributed by atoms with Gasteiger partial charge in [-0.05, 0) is 37.8 Å². The average Bonchev–Trinajstić information content (AvgIpc) is 3.15. The number of rotatable bonds is 2. The monoisotopic (exact) mass is 311 g/mol. The van der Waals surface area contributed by atoms with Crippen molar-refractivity contribution in [2.24, 2.45) is 5.41 Å². The summed E-state index contributed by atoms with van der Waals surface area (Å²) in [4.78, 5) is 18.8. The Hall–Kier alpha value is -2.37. The van der Waals surface area contributed by atoms with Gasteiger partial charge in [-0.3, -0.25) is 9.78 Å². The maximum Gasteiger partial charge on any atom is 0.226 e. The third kappa shape index (κ3) is 2.38. The van der Waals surface area contributed by atoms with Crippen LogP contribution in [0.15, 0.2) is 30.9 Å². The molecule has 2 aliphatic heterocycles. The molecule has 0 aromatic carbocycles. The largest absolute Gasteiger partial charge is 0.368 e. The summed E-state index contributed by atoms with van der Waals surface area (Å²) in [6.07, 6.45) is 10.4. The Labute approximate surface area is 135 Å². The van der Waals surface area contributed by atoms with Crippen LogP contribution in [0.25, 0.3) is 5.69 Å². The van der Waals surface area contributed by atoms with Crippen molar-refractivity contribution in [2.45, 2.75) is 26.2 Å². The normalized spacial score (nSPS) is 20.0. The summed E-state index contributed by atoms with van der Waals surface area (Å²) >= 11 is 0. The molecule has 4 rings (SSSR count). The fourth-order valence-electron chi connectivity index (χ4n) is 3.73. The molecule has 0 radical (unpaired) electrons. The quantitative estimate of drug-likeness (QED) is 0.916. The molecule has 0 aliphatic carbocycles. The summed E-state index contributed by atoms with van der Waals surface area (Å²) in [7, 11) is 0. The Bertz CT molecular complexity index is 730. The van der Waals surface area contributed by atoms with Gasteiger partial charge in [-0.15, -0.1) is 0 Å². The van der Waals surface area contributed by atoms with Gasteiger partial charge in [0.1, 0.15) is 0 Å². The highest BCUT2D eigenvalue weighted by atomic mass is 16.2. The maximum atomic E-state index is 12.1. The summed E-state index contributed by atoms with van der Waals surface area (Å²) in [6.45, 7) is 4.62. The molecule has 1 N–H and O–H groups in total. The number of carbonyl (C=O) groups is 1. The molecule has 4 heterocycles. The van der Waals surface area contributed by atoms with Crippen molar-refractivity contribution in [1.82, 2.24) is 20.1 Å². The Morgan fingerprint density at radius 3 is 2.65 bits per heavy atom. The lowest BCUT2D eigenvalue weighted by Crippen LogP contribution is -2.44. The van der Waals surface area contributed by atoms with E-state index in [0.29, 0.717) is 0 Å². The maximum absolute atomic E-state index is 12.1. The van der Waals surface area contributed by atoms with Crippen LogP contribution in [0.5, 0.6) is 0 Å². The van der Waals surface area contributed by atoms with E-state index in [2.05, 4.69) is 20.3 Å². The van der Waals surface area contributed by atoms with Crippen molar-refractivity contribution in [2.75, 3.05) is 24.5 Å². The van der Waals surface area contributed by atoms with Crippen LogP contribution < -0.4 is 10.2 Å². The van der Waals surface area contributed by atoms with Crippen molar-refractivity contribution >= 4 is 11.6 Å². The average molecular weight is 311 g/mol. The topological polar surface area (TPSA) is 63.1 Å². The summed E-state index contributed by atoms with van der Waals surface area (Å²) in [5.41, 5.74) is 3.12. The summed E-state index contributed by atoms with van der Waals surface area (Å²) < 4.78 is 1.90. The van der Waals surface area contributed by atoms with Gasteiger partial charge in [0.25, 0.3) is 0 Å². The van der Waals surface area contributed by atoms with Gasteiger partial charge >= 0.3 is 0 Å². The smallest absolute Gasteiger partial charge is 0.226 e. The number of hydrogen-bond acceptors (Lipinski definition) is 4. The third-order valence-electron chi connectivity index (χ3n) is 5.17. The molecule has 2 aromatic heterocycles. The Balaban J connectivity index is 1.59. The van der Waals surface area contributed by atoms with Crippen LogP contribution >= 0.6 is 0 Å². The number of nitrogens with zero attached hydrogens (tertiary/aromatic N) is 4. The fourth-order valence-corrected chi connectivity index (χ4v) is 3.73. The molecular weight excluding hydrogens is 290 g/mol. The second kappa shape index (κ2) is 5.37. The molecule has 2 saturated heterocycles. The second-order valence-electron chi connectivity index (χ2n) is 6.60. The van der Waals surface area contributed by atoms with Crippen molar-refractivity contribution in [3.05, 3.63) is 36.4 Å². The van der Waals surface area contributed by atoms with Gasteiger partial charge in [0.2, 0.25) is 5.91 Å². The van der Waals surface area contributed by atoms with E-state index in [-0.39, 0.29) is 11.3 Å². The highest BCUT2D eigenvalue weighted by Gasteiger charge is 2.44. The first-order valence-electron chi connectivity index (χ1n) is 8.17. The minimum Gasteiger partial charge on any atom is -0.368 e. The van der Waals surface area contributed by atoms with Gasteiger partial charge in [-0.1, -0.05) is 0 Å². The van der Waals surface area contributed by atoms with Gasteiger partial charge < -0.3 is 10.2 Å². The zero-order valence-corrected chi connectivity index (χ0v) is 13.3. The highest BCUT2D eigenvalue weighted by molar-refractivity contribution is 5.85. The van der Waals surface area contributed by atoms with E-state index in [1.54, 1.807) is 6.20 Å². The van der Waals surface area contributed by atoms with Gasteiger partial charge in [0.15, 0.2) is 0 Å². The molecule has 6 nitrogen and oxygen atoms in total. The van der Waals surface area contributed by atoms with Crippen LogP contribution in [0.3, 0.4) is 0 Å². The number of carbonyl (C=O) groups excluding carboxylic acids is 1. The molecule has 2 aliphatic rings. The van der Waals surface area contributed by atoms with Crippen LogP contribution in [-0.4, -0.2) is 40.3 Å². The molecule has 6 heteroatoms. The van der Waals surface area contributed by atoms with Crippen LogP contribution in [0.4, 0.5) is 5.69 Å². The van der Waals surface area contributed by atoms with Gasteiger partial charge in [0, 0.05) is 32.0 Å². The van der Waals surface area contributed by atoms with E-state index in [1.807, 2.05) is 36.3 Å². The number of aromatic nitrogens is 3. The van der Waals surface area contributed by atoms with Crippen molar-refractivity contribution in [3.63, 3.8) is 0 Å². The van der Waals surface area contributed by atoms with Crippen LogP contribution in [-0.2, 0) is 4.79 Å². The summed E-state index contributed by atoms with van der Waals surface area (Å²) in [6, 6.07) is 1.99. The molecule has 0 unspecified atom stereocenters. The number of hydrogen-bond donors (Lipinski definition) is 1. The zero-order chi connectivity index (χ0) is 15.9. The van der Waals surface area contributed by atoms with E-state index < -0.39 is 0 Å². The standard InChI is InChI=1S/C17H21N5O/c1-13-10-20-22(12-13)14-2-6-18-11-15(14)21-8-4-17(5-9-21)3-7-19-16(17)23/h2,6,10-12H,3-5,7-9H2,1H3,(H,19,23). The third-order valence-corrected chi connectivity index (χ3v) is 5.17. The molecule has 1 spiro atoms. The first-order chi connectivity index (χ1) is 11.2. The first-order valence-corrected chi connectivity index (χ1v) is 8.17. The lowest BCUT2D eigenvalue weighted by atomic mass is 9.77.